The summed E-state index contributed by atoms with van der Waals surface area (Å²) in [5.74, 6) is -0.380. The summed E-state index contributed by atoms with van der Waals surface area (Å²) in [6, 6.07) is 9.26. The lowest BCUT2D eigenvalue weighted by Gasteiger charge is -2.25. The molecule has 0 bridgehead atoms. The van der Waals surface area contributed by atoms with Crippen LogP contribution in [0.25, 0.3) is 0 Å². The summed E-state index contributed by atoms with van der Waals surface area (Å²) >= 11 is 0. The zero-order valence-corrected chi connectivity index (χ0v) is 9.72. The third-order valence-electron chi connectivity index (χ3n) is 2.42. The molecular formula is C12H18N2O2. The van der Waals surface area contributed by atoms with Crippen LogP contribution in [0.2, 0.25) is 0 Å². The molecule has 1 aromatic carbocycles. The van der Waals surface area contributed by atoms with Gasteiger partial charge in [0, 0.05) is 18.8 Å². The predicted molar refractivity (Wildman–Crippen MR) is 64.3 cm³/mol. The molecule has 0 aliphatic rings. The number of anilines is 1. The zero-order valence-electron chi connectivity index (χ0n) is 9.72. The number of nitrogens with two attached hydrogens (primary N) is 1. The molecule has 0 aliphatic carbocycles. The zero-order chi connectivity index (χ0) is 12.0. The van der Waals surface area contributed by atoms with Gasteiger partial charge < -0.3 is 15.4 Å². The lowest BCUT2D eigenvalue weighted by Crippen LogP contribution is -2.43. The van der Waals surface area contributed by atoms with Crippen LogP contribution >= 0.6 is 0 Å². The Hall–Kier alpha value is -1.55. The Balaban J connectivity index is 2.66. The molecule has 0 amide bonds. The molecule has 4 nitrogen and oxygen atoms in total. The summed E-state index contributed by atoms with van der Waals surface area (Å²) < 4.78 is 4.60. The van der Waals surface area contributed by atoms with Gasteiger partial charge in [0.1, 0.15) is 6.04 Å². The molecule has 2 N–H and O–H groups in total. The molecule has 88 valence electrons. The van der Waals surface area contributed by atoms with Crippen molar-refractivity contribution < 1.29 is 9.53 Å². The predicted octanol–water partition coefficient (Wildman–Crippen LogP) is 1.01. The molecule has 0 spiro atoms. The quantitative estimate of drug-likeness (QED) is 0.755. The monoisotopic (exact) mass is 222 g/mol. The minimum atomic E-state index is -0.606. The molecule has 0 aliphatic heterocycles. The first-order valence-corrected chi connectivity index (χ1v) is 5.32. The molecule has 4 heteroatoms. The van der Waals surface area contributed by atoms with E-state index in [1.54, 1.807) is 0 Å². The van der Waals surface area contributed by atoms with Crippen LogP contribution in [0.5, 0.6) is 0 Å². The van der Waals surface area contributed by atoms with Gasteiger partial charge in [0.15, 0.2) is 0 Å². The van der Waals surface area contributed by atoms with E-state index < -0.39 is 6.04 Å². The SMILES string of the molecule is CCN(C[C@@H](N)C(=O)OC)c1ccccc1. The molecule has 16 heavy (non-hydrogen) atoms. The summed E-state index contributed by atoms with van der Waals surface area (Å²) in [6.07, 6.45) is 0. The Labute approximate surface area is 96.0 Å². The van der Waals surface area contributed by atoms with Crippen molar-refractivity contribution in [1.82, 2.24) is 0 Å². The minimum Gasteiger partial charge on any atom is -0.468 e. The molecule has 0 aromatic heterocycles. The number of hydrogen-bond donors (Lipinski definition) is 1. The van der Waals surface area contributed by atoms with E-state index in [9.17, 15) is 4.79 Å². The Morgan fingerprint density at radius 2 is 2.06 bits per heavy atom. The smallest absolute Gasteiger partial charge is 0.324 e. The molecule has 0 unspecified atom stereocenters. The van der Waals surface area contributed by atoms with Gasteiger partial charge in [-0.2, -0.15) is 0 Å². The number of rotatable bonds is 5. The lowest BCUT2D eigenvalue weighted by atomic mass is 10.2. The molecule has 0 radical (unpaired) electrons. The normalized spacial score (nSPS) is 11.9. The standard InChI is InChI=1S/C12H18N2O2/c1-3-14(9-11(13)12(15)16-2)10-7-5-4-6-8-10/h4-8,11H,3,9,13H2,1-2H3/t11-/m1/s1. The fourth-order valence-corrected chi connectivity index (χ4v) is 1.52. The van der Waals surface area contributed by atoms with Crippen LogP contribution < -0.4 is 10.6 Å². The number of para-hydroxylation sites is 1. The molecule has 0 heterocycles. The van der Waals surface area contributed by atoms with Gasteiger partial charge in [-0.3, -0.25) is 4.79 Å². The van der Waals surface area contributed by atoms with Gasteiger partial charge in [-0.25, -0.2) is 0 Å². The first kappa shape index (κ1) is 12.5. The number of nitrogens with zero attached hydrogens (tertiary/aromatic N) is 1. The third-order valence-corrected chi connectivity index (χ3v) is 2.42. The van der Waals surface area contributed by atoms with Crippen molar-refractivity contribution in [3.8, 4) is 0 Å². The number of esters is 1. The van der Waals surface area contributed by atoms with Crippen molar-refractivity contribution in [2.75, 3.05) is 25.1 Å². The lowest BCUT2D eigenvalue weighted by molar-refractivity contribution is -0.141. The van der Waals surface area contributed by atoms with Gasteiger partial charge in [0.25, 0.3) is 0 Å². The number of hydrogen-bond acceptors (Lipinski definition) is 4. The maximum absolute atomic E-state index is 11.2. The number of ether oxygens (including phenoxy) is 1. The minimum absolute atomic E-state index is 0.380. The molecule has 0 saturated heterocycles. The van der Waals surface area contributed by atoms with E-state index in [4.69, 9.17) is 5.73 Å². The largest absolute Gasteiger partial charge is 0.468 e. The fraction of sp³-hybridized carbons (Fsp3) is 0.417. The Kier molecular flexibility index (Phi) is 4.79. The second-order valence-electron chi connectivity index (χ2n) is 3.50. The number of benzene rings is 1. The van der Waals surface area contributed by atoms with Gasteiger partial charge in [0.2, 0.25) is 0 Å². The number of carbonyl (C=O) groups excluding carboxylic acids is 1. The number of methoxy groups -OCH3 is 1. The summed E-state index contributed by atoms with van der Waals surface area (Å²) in [6.45, 7) is 3.29. The molecule has 1 aromatic rings. The van der Waals surface area contributed by atoms with Crippen LogP contribution in [0, 0.1) is 0 Å². The molecule has 1 rings (SSSR count). The molecular weight excluding hydrogens is 204 g/mol. The second-order valence-corrected chi connectivity index (χ2v) is 3.50. The average molecular weight is 222 g/mol. The van der Waals surface area contributed by atoms with Crippen LogP contribution in [-0.4, -0.2) is 32.2 Å². The second kappa shape index (κ2) is 6.12. The highest BCUT2D eigenvalue weighted by Gasteiger charge is 2.17. The van der Waals surface area contributed by atoms with Crippen LogP contribution in [0.4, 0.5) is 5.69 Å². The fourth-order valence-electron chi connectivity index (χ4n) is 1.52. The van der Waals surface area contributed by atoms with Crippen LogP contribution in [-0.2, 0) is 9.53 Å². The summed E-state index contributed by atoms with van der Waals surface area (Å²) in [5.41, 5.74) is 6.78. The van der Waals surface area contributed by atoms with Gasteiger partial charge in [-0.15, -0.1) is 0 Å². The third kappa shape index (κ3) is 3.24. The van der Waals surface area contributed by atoms with E-state index in [2.05, 4.69) is 4.74 Å². The first-order valence-electron chi connectivity index (χ1n) is 5.32. The van der Waals surface area contributed by atoms with Crippen molar-refractivity contribution in [2.45, 2.75) is 13.0 Å². The Morgan fingerprint density at radius 1 is 1.44 bits per heavy atom. The van der Waals surface area contributed by atoms with Gasteiger partial charge in [0.05, 0.1) is 7.11 Å². The first-order chi connectivity index (χ1) is 7.69. The van der Waals surface area contributed by atoms with Crippen molar-refractivity contribution in [2.24, 2.45) is 5.73 Å². The molecule has 0 fully saturated rings. The van der Waals surface area contributed by atoms with E-state index in [1.807, 2.05) is 42.2 Å². The molecule has 1 atom stereocenters. The van der Waals surface area contributed by atoms with Gasteiger partial charge in [-0.1, -0.05) is 18.2 Å². The van der Waals surface area contributed by atoms with E-state index >= 15 is 0 Å². The highest BCUT2D eigenvalue weighted by molar-refractivity contribution is 5.76. The van der Waals surface area contributed by atoms with E-state index in [-0.39, 0.29) is 5.97 Å². The summed E-state index contributed by atoms with van der Waals surface area (Å²) in [7, 11) is 1.35. The van der Waals surface area contributed by atoms with Gasteiger partial charge >= 0.3 is 5.97 Å². The summed E-state index contributed by atoms with van der Waals surface area (Å²) in [5, 5.41) is 0. The molecule has 0 saturated carbocycles. The number of likely N-dealkylation sites (N-methyl/N-ethyl adjacent to an activating group) is 1. The van der Waals surface area contributed by atoms with Crippen molar-refractivity contribution in [3.05, 3.63) is 30.3 Å². The van der Waals surface area contributed by atoms with Crippen molar-refractivity contribution in [3.63, 3.8) is 0 Å². The maximum atomic E-state index is 11.2. The van der Waals surface area contributed by atoms with Crippen molar-refractivity contribution in [1.29, 1.82) is 0 Å². The van der Waals surface area contributed by atoms with Gasteiger partial charge in [-0.05, 0) is 19.1 Å². The number of carbonyl (C=O) groups is 1. The highest BCUT2D eigenvalue weighted by Crippen LogP contribution is 2.12. The van der Waals surface area contributed by atoms with E-state index in [0.717, 1.165) is 12.2 Å². The highest BCUT2D eigenvalue weighted by atomic mass is 16.5. The average Bonchev–Trinajstić information content (AvgIpc) is 2.35. The maximum Gasteiger partial charge on any atom is 0.324 e. The topological polar surface area (TPSA) is 55.6 Å². The Bertz CT molecular complexity index is 327. The van der Waals surface area contributed by atoms with Crippen LogP contribution in [0.1, 0.15) is 6.92 Å². The van der Waals surface area contributed by atoms with Crippen LogP contribution in [0.15, 0.2) is 30.3 Å². The van der Waals surface area contributed by atoms with E-state index in [0.29, 0.717) is 6.54 Å². The van der Waals surface area contributed by atoms with Crippen molar-refractivity contribution >= 4 is 11.7 Å². The summed E-state index contributed by atoms with van der Waals surface area (Å²) in [4.78, 5) is 13.3. The Morgan fingerprint density at radius 3 is 2.56 bits per heavy atom. The van der Waals surface area contributed by atoms with Crippen LogP contribution in [0.3, 0.4) is 0 Å². The van der Waals surface area contributed by atoms with E-state index in [1.165, 1.54) is 7.11 Å².